The van der Waals surface area contributed by atoms with Crippen LogP contribution in [0.3, 0.4) is 0 Å². The first kappa shape index (κ1) is 16.0. The fraction of sp³-hybridized carbons (Fsp3) is 0.360. The van der Waals surface area contributed by atoms with Gasteiger partial charge in [0.05, 0.1) is 21.4 Å². The topological polar surface area (TPSA) is 105 Å². The Morgan fingerprint density at radius 1 is 1.15 bits per heavy atom. The number of piperidine rings is 1. The minimum absolute atomic E-state index is 0.0220. The monoisotopic (exact) mass is 469 g/mol. The molecule has 0 radical (unpaired) electrons. The number of nitrogens with one attached hydrogen (secondary N) is 1. The standard InChI is InChI=1S/C25H25N3O6/c29-22-9-8-20(24(31)26-22)28-13-19-18(25(28)32)2-1-3-21(19)34-14-17-6-4-16(5-7-17)12-27-10-11-33-15-23(27)30/h1-7,20H,8-15H2,(H,26,29,31)/i6D,7D,12D2,14D2. The van der Waals surface area contributed by atoms with Crippen molar-refractivity contribution in [3.8, 4) is 5.75 Å². The first-order valence-electron chi connectivity index (χ1n) is 13.8. The predicted octanol–water partition coefficient (Wildman–Crippen LogP) is 1.39. The predicted molar refractivity (Wildman–Crippen MR) is 119 cm³/mol. The second kappa shape index (κ2) is 9.26. The second-order valence-corrected chi connectivity index (χ2v) is 8.00. The van der Waals surface area contributed by atoms with Crippen molar-refractivity contribution in [3.63, 3.8) is 0 Å². The molecule has 5 rings (SSSR count). The lowest BCUT2D eigenvalue weighted by Crippen LogP contribution is -2.52. The highest BCUT2D eigenvalue weighted by Gasteiger charge is 2.40. The van der Waals surface area contributed by atoms with Crippen LogP contribution in [0, 0.1) is 0 Å². The molecule has 34 heavy (non-hydrogen) atoms. The van der Waals surface area contributed by atoms with Gasteiger partial charge in [0.1, 0.15) is 25.0 Å². The molecule has 2 aromatic rings. The van der Waals surface area contributed by atoms with E-state index in [1.165, 1.54) is 23.1 Å². The van der Waals surface area contributed by atoms with Gasteiger partial charge in [-0.3, -0.25) is 24.5 Å². The Morgan fingerprint density at radius 2 is 1.97 bits per heavy atom. The Morgan fingerprint density at radius 3 is 2.74 bits per heavy atom. The number of carbonyl (C=O) groups is 4. The van der Waals surface area contributed by atoms with Gasteiger partial charge in [-0.1, -0.05) is 30.3 Å². The smallest absolute Gasteiger partial charge is 0.255 e. The average Bonchev–Trinajstić information content (AvgIpc) is 3.20. The van der Waals surface area contributed by atoms with Crippen LogP contribution in [0.25, 0.3) is 0 Å². The molecule has 1 unspecified atom stereocenters. The lowest BCUT2D eigenvalue weighted by molar-refractivity contribution is -0.143. The van der Waals surface area contributed by atoms with Gasteiger partial charge in [-0.05, 0) is 29.7 Å². The quantitative estimate of drug-likeness (QED) is 0.641. The zero-order valence-electron chi connectivity index (χ0n) is 24.1. The third kappa shape index (κ3) is 4.38. The number of morpholine rings is 1. The van der Waals surface area contributed by atoms with Crippen LogP contribution in [0.2, 0.25) is 0 Å². The van der Waals surface area contributed by atoms with Gasteiger partial charge in [-0.25, -0.2) is 0 Å². The summed E-state index contributed by atoms with van der Waals surface area (Å²) in [5.74, 6) is -2.09. The number of benzene rings is 2. The third-order valence-corrected chi connectivity index (χ3v) is 5.80. The highest BCUT2D eigenvalue weighted by Crippen LogP contribution is 2.34. The van der Waals surface area contributed by atoms with Gasteiger partial charge in [0.15, 0.2) is 0 Å². The summed E-state index contributed by atoms with van der Waals surface area (Å²) in [5, 5.41) is 2.22. The van der Waals surface area contributed by atoms with Gasteiger partial charge < -0.3 is 19.3 Å². The summed E-state index contributed by atoms with van der Waals surface area (Å²) >= 11 is 0. The molecule has 3 aliphatic heterocycles. The molecule has 0 aliphatic carbocycles. The fourth-order valence-electron chi connectivity index (χ4n) is 4.06. The molecule has 9 nitrogen and oxygen atoms in total. The van der Waals surface area contributed by atoms with Crippen LogP contribution in [-0.4, -0.2) is 59.2 Å². The molecule has 9 heteroatoms. The lowest BCUT2D eigenvalue weighted by atomic mass is 10.0. The molecule has 0 saturated carbocycles. The Kier molecular flexibility index (Phi) is 4.36. The molecule has 0 spiro atoms. The molecule has 0 bridgehead atoms. The van der Waals surface area contributed by atoms with Crippen LogP contribution in [0.4, 0.5) is 0 Å². The van der Waals surface area contributed by atoms with Crippen LogP contribution >= 0.6 is 0 Å². The summed E-state index contributed by atoms with van der Waals surface area (Å²) in [4.78, 5) is 51.4. The van der Waals surface area contributed by atoms with Crippen molar-refractivity contribution < 1.29 is 36.9 Å². The molecule has 2 aromatic carbocycles. The van der Waals surface area contributed by atoms with E-state index >= 15 is 0 Å². The first-order valence-corrected chi connectivity index (χ1v) is 10.8. The van der Waals surface area contributed by atoms with E-state index in [0.29, 0.717) is 5.56 Å². The van der Waals surface area contributed by atoms with Crippen LogP contribution < -0.4 is 10.1 Å². The van der Waals surface area contributed by atoms with Gasteiger partial charge in [0.25, 0.3) is 5.91 Å². The van der Waals surface area contributed by atoms with Crippen molar-refractivity contribution in [2.45, 2.75) is 38.5 Å². The Balaban J connectivity index is 1.42. The normalized spacial score (nSPS) is 23.8. The van der Waals surface area contributed by atoms with Gasteiger partial charge >= 0.3 is 0 Å². The number of rotatable bonds is 6. The average molecular weight is 470 g/mol. The Bertz CT molecular complexity index is 1410. The molecule has 0 aromatic heterocycles. The third-order valence-electron chi connectivity index (χ3n) is 5.80. The van der Waals surface area contributed by atoms with E-state index < -0.39 is 60.4 Å². The zero-order valence-corrected chi connectivity index (χ0v) is 18.1. The summed E-state index contributed by atoms with van der Waals surface area (Å²) in [6.45, 7) is -5.35. The number of hydrogen-bond donors (Lipinski definition) is 1. The molecule has 4 amide bonds. The second-order valence-electron chi connectivity index (χ2n) is 8.00. The highest BCUT2D eigenvalue weighted by molar-refractivity contribution is 6.05. The van der Waals surface area contributed by atoms with E-state index in [4.69, 9.17) is 17.7 Å². The van der Waals surface area contributed by atoms with Crippen molar-refractivity contribution in [2.75, 3.05) is 19.8 Å². The molecule has 3 heterocycles. The van der Waals surface area contributed by atoms with E-state index in [-0.39, 0.29) is 56.0 Å². The maximum Gasteiger partial charge on any atom is 0.255 e. The molecule has 1 atom stereocenters. The molecular formula is C25H25N3O6. The van der Waals surface area contributed by atoms with E-state index in [1.54, 1.807) is 0 Å². The maximum atomic E-state index is 13.1. The van der Waals surface area contributed by atoms with Crippen LogP contribution in [-0.2, 0) is 38.7 Å². The van der Waals surface area contributed by atoms with E-state index in [9.17, 15) is 19.2 Å². The van der Waals surface area contributed by atoms with Gasteiger partial charge in [0.2, 0.25) is 17.7 Å². The minimum atomic E-state index is -2.74. The first-order chi connectivity index (χ1) is 18.8. The minimum Gasteiger partial charge on any atom is -0.489 e. The summed E-state index contributed by atoms with van der Waals surface area (Å²) in [7, 11) is 0. The Labute approximate surface area is 205 Å². The van der Waals surface area contributed by atoms with E-state index in [1.807, 2.05) is 0 Å². The van der Waals surface area contributed by atoms with Crippen molar-refractivity contribution >= 4 is 23.6 Å². The molecule has 2 fully saturated rings. The van der Waals surface area contributed by atoms with Crippen LogP contribution in [0.1, 0.15) is 48.1 Å². The lowest BCUT2D eigenvalue weighted by Gasteiger charge is -2.29. The largest absolute Gasteiger partial charge is 0.489 e. The number of carbonyl (C=O) groups excluding carboxylic acids is 4. The number of imide groups is 1. The van der Waals surface area contributed by atoms with Crippen LogP contribution in [0.15, 0.2) is 42.4 Å². The van der Waals surface area contributed by atoms with Gasteiger partial charge in [0, 0.05) is 30.6 Å². The number of ether oxygens (including phenoxy) is 2. The van der Waals surface area contributed by atoms with Gasteiger partial charge in [-0.2, -0.15) is 0 Å². The SMILES string of the molecule is [2H]c1cc(C([2H])([2H])N2CCOCC2=O)cc([2H])c1C([2H])([2H])Oc1cccc2c1CN(C1CCC(=O)NC1=O)C2=O. The summed E-state index contributed by atoms with van der Waals surface area (Å²) in [6.07, 6.45) is 0.232. The van der Waals surface area contributed by atoms with Crippen LogP contribution in [0.5, 0.6) is 5.75 Å². The molecule has 176 valence electrons. The van der Waals surface area contributed by atoms with Gasteiger partial charge in [-0.15, -0.1) is 0 Å². The Hall–Kier alpha value is -3.72. The number of nitrogens with zero attached hydrogens (tertiary/aromatic N) is 2. The maximum absolute atomic E-state index is 13.1. The molecule has 1 N–H and O–H groups in total. The van der Waals surface area contributed by atoms with Crippen molar-refractivity contribution in [3.05, 3.63) is 64.7 Å². The van der Waals surface area contributed by atoms with E-state index in [2.05, 4.69) is 5.32 Å². The summed E-state index contributed by atoms with van der Waals surface area (Å²) < 4.78 is 61.7. The highest BCUT2D eigenvalue weighted by atomic mass is 16.5. The number of hydrogen-bond acceptors (Lipinski definition) is 6. The summed E-state index contributed by atoms with van der Waals surface area (Å²) in [5.41, 5.74) is -0.112. The number of amides is 4. The molecular weight excluding hydrogens is 438 g/mol. The number of fused-ring (bicyclic) bond motifs is 1. The fourth-order valence-corrected chi connectivity index (χ4v) is 4.06. The van der Waals surface area contributed by atoms with Crippen molar-refractivity contribution in [1.29, 1.82) is 0 Å². The van der Waals surface area contributed by atoms with E-state index in [0.717, 1.165) is 17.0 Å². The summed E-state index contributed by atoms with van der Waals surface area (Å²) in [6, 6.07) is 4.65. The van der Waals surface area contributed by atoms with Crippen molar-refractivity contribution in [2.24, 2.45) is 0 Å². The molecule has 3 aliphatic rings. The van der Waals surface area contributed by atoms with Crippen molar-refractivity contribution in [1.82, 2.24) is 15.1 Å². The zero-order chi connectivity index (χ0) is 29.0. The molecule has 2 saturated heterocycles.